The molecule has 0 bridgehead atoms. The number of hydrogen-bond acceptors (Lipinski definition) is 6. The van der Waals surface area contributed by atoms with Crippen LogP contribution in [0.2, 0.25) is 0 Å². The van der Waals surface area contributed by atoms with E-state index in [-0.39, 0.29) is 5.69 Å². The van der Waals surface area contributed by atoms with Crippen LogP contribution in [0.4, 0.5) is 21.3 Å². The Morgan fingerprint density at radius 2 is 2.23 bits per heavy atom. The third-order valence-electron chi connectivity index (χ3n) is 2.85. The first-order chi connectivity index (χ1) is 10.5. The molecule has 3 N–H and O–H groups in total. The van der Waals surface area contributed by atoms with Crippen molar-refractivity contribution in [1.29, 1.82) is 0 Å². The molecular weight excluding hydrogens is 306 g/mol. The van der Waals surface area contributed by atoms with E-state index in [0.717, 1.165) is 10.8 Å². The monoisotopic (exact) mass is 321 g/mol. The summed E-state index contributed by atoms with van der Waals surface area (Å²) in [6, 6.07) is 4.02. The number of nitro groups is 1. The van der Waals surface area contributed by atoms with Gasteiger partial charge in [0.1, 0.15) is 0 Å². The summed E-state index contributed by atoms with van der Waals surface area (Å²) in [6.07, 6.45) is 0. The summed E-state index contributed by atoms with van der Waals surface area (Å²) in [5.41, 5.74) is 1.76. The quantitative estimate of drug-likeness (QED) is 0.579. The van der Waals surface area contributed by atoms with Crippen LogP contribution in [-0.2, 0) is 6.54 Å². The number of benzene rings is 1. The molecule has 0 saturated carbocycles. The molecule has 0 aliphatic heterocycles. The molecular formula is C13H15N5O3S. The highest BCUT2D eigenvalue weighted by atomic mass is 32.1. The molecule has 2 rings (SSSR count). The average molecular weight is 321 g/mol. The maximum Gasteiger partial charge on any atom is 0.319 e. The molecule has 1 aromatic heterocycles. The molecule has 2 aromatic rings. The smallest absolute Gasteiger partial charge is 0.319 e. The first-order valence-electron chi connectivity index (χ1n) is 6.41. The van der Waals surface area contributed by atoms with E-state index >= 15 is 0 Å². The van der Waals surface area contributed by atoms with Crippen LogP contribution in [-0.4, -0.2) is 23.0 Å². The van der Waals surface area contributed by atoms with Gasteiger partial charge in [-0.25, -0.2) is 9.78 Å². The van der Waals surface area contributed by atoms with E-state index in [1.54, 1.807) is 20.0 Å². The van der Waals surface area contributed by atoms with Crippen LogP contribution in [0.1, 0.15) is 11.3 Å². The van der Waals surface area contributed by atoms with Crippen LogP contribution in [0.5, 0.6) is 0 Å². The van der Waals surface area contributed by atoms with Crippen molar-refractivity contribution < 1.29 is 9.72 Å². The Morgan fingerprint density at radius 1 is 1.45 bits per heavy atom. The van der Waals surface area contributed by atoms with Crippen LogP contribution in [0.3, 0.4) is 0 Å². The minimum atomic E-state index is -0.458. The minimum absolute atomic E-state index is 0.0213. The van der Waals surface area contributed by atoms with Gasteiger partial charge in [0, 0.05) is 29.7 Å². The number of thiazole rings is 1. The van der Waals surface area contributed by atoms with Crippen molar-refractivity contribution in [2.24, 2.45) is 0 Å². The number of nitro benzene ring substituents is 1. The Bertz CT molecular complexity index is 701. The number of aryl methyl sites for hydroxylation is 1. The zero-order valence-corrected chi connectivity index (χ0v) is 12.9. The van der Waals surface area contributed by atoms with Crippen molar-refractivity contribution in [3.8, 4) is 0 Å². The van der Waals surface area contributed by atoms with Crippen molar-refractivity contribution in [2.75, 3.05) is 17.7 Å². The zero-order chi connectivity index (χ0) is 16.1. The van der Waals surface area contributed by atoms with E-state index in [1.165, 1.54) is 23.5 Å². The summed E-state index contributed by atoms with van der Waals surface area (Å²) < 4.78 is 0. The van der Waals surface area contributed by atoms with Crippen LogP contribution < -0.4 is 16.0 Å². The fourth-order valence-corrected chi connectivity index (χ4v) is 2.46. The highest BCUT2D eigenvalue weighted by Gasteiger charge is 2.11. The summed E-state index contributed by atoms with van der Waals surface area (Å²) in [6.45, 7) is 1.92. The largest absolute Gasteiger partial charge is 0.365 e. The molecule has 8 nitrogen and oxygen atoms in total. The number of anilines is 2. The number of hydrogen-bond donors (Lipinski definition) is 3. The van der Waals surface area contributed by atoms with E-state index in [4.69, 9.17) is 0 Å². The van der Waals surface area contributed by atoms with E-state index in [0.29, 0.717) is 17.8 Å². The van der Waals surface area contributed by atoms with Crippen molar-refractivity contribution in [3.63, 3.8) is 0 Å². The topological polar surface area (TPSA) is 109 Å². The molecule has 0 aliphatic rings. The molecule has 0 saturated heterocycles. The second-order valence-electron chi connectivity index (χ2n) is 4.46. The summed E-state index contributed by atoms with van der Waals surface area (Å²) in [5, 5.41) is 21.6. The Hall–Kier alpha value is -2.68. The Morgan fingerprint density at radius 3 is 2.82 bits per heavy atom. The standard InChI is InChI=1S/C13H15N5O3S/c1-8-5-9(3-4-11(8)18(20)21)16-12(19)15-6-10-7-22-13(14-2)17-10/h3-5,7H,6H2,1-2H3,(H,14,17)(H2,15,16,19). The van der Waals surface area contributed by atoms with Gasteiger partial charge in [-0.1, -0.05) is 0 Å². The number of carbonyl (C=O) groups is 1. The van der Waals surface area contributed by atoms with Gasteiger partial charge >= 0.3 is 6.03 Å². The van der Waals surface area contributed by atoms with E-state index < -0.39 is 11.0 Å². The number of urea groups is 1. The van der Waals surface area contributed by atoms with Gasteiger partial charge in [0.25, 0.3) is 5.69 Å². The lowest BCUT2D eigenvalue weighted by molar-refractivity contribution is -0.385. The molecule has 0 atom stereocenters. The predicted octanol–water partition coefficient (Wildman–Crippen LogP) is 2.72. The molecule has 22 heavy (non-hydrogen) atoms. The third-order valence-corrected chi connectivity index (χ3v) is 3.76. The van der Waals surface area contributed by atoms with Gasteiger partial charge in [-0.3, -0.25) is 10.1 Å². The van der Waals surface area contributed by atoms with Gasteiger partial charge in [-0.05, 0) is 19.1 Å². The van der Waals surface area contributed by atoms with E-state index in [2.05, 4.69) is 20.9 Å². The lowest BCUT2D eigenvalue weighted by Crippen LogP contribution is -2.28. The van der Waals surface area contributed by atoms with Gasteiger partial charge in [0.15, 0.2) is 5.13 Å². The van der Waals surface area contributed by atoms with Gasteiger partial charge < -0.3 is 16.0 Å². The highest BCUT2D eigenvalue weighted by Crippen LogP contribution is 2.21. The molecule has 1 aromatic carbocycles. The lowest BCUT2D eigenvalue weighted by atomic mass is 10.2. The van der Waals surface area contributed by atoms with Crippen LogP contribution in [0, 0.1) is 17.0 Å². The average Bonchev–Trinajstić information content (AvgIpc) is 2.93. The normalized spacial score (nSPS) is 10.1. The second kappa shape index (κ2) is 6.85. The zero-order valence-electron chi connectivity index (χ0n) is 12.0. The van der Waals surface area contributed by atoms with Gasteiger partial charge in [-0.2, -0.15) is 0 Å². The number of nitrogens with one attached hydrogen (secondary N) is 3. The highest BCUT2D eigenvalue weighted by molar-refractivity contribution is 7.13. The molecule has 0 radical (unpaired) electrons. The number of amides is 2. The molecule has 2 amide bonds. The van der Waals surface area contributed by atoms with E-state index in [9.17, 15) is 14.9 Å². The maximum atomic E-state index is 11.8. The second-order valence-corrected chi connectivity index (χ2v) is 5.32. The Balaban J connectivity index is 1.91. The molecule has 0 fully saturated rings. The van der Waals surface area contributed by atoms with Crippen molar-refractivity contribution in [1.82, 2.24) is 10.3 Å². The van der Waals surface area contributed by atoms with E-state index in [1.807, 2.05) is 5.38 Å². The molecule has 1 heterocycles. The first-order valence-corrected chi connectivity index (χ1v) is 7.29. The van der Waals surface area contributed by atoms with Crippen LogP contribution in [0.25, 0.3) is 0 Å². The Labute approximate surface area is 130 Å². The molecule has 9 heteroatoms. The summed E-state index contributed by atoms with van der Waals surface area (Å²) in [4.78, 5) is 26.3. The first kappa shape index (κ1) is 15.7. The van der Waals surface area contributed by atoms with Gasteiger partial charge in [-0.15, -0.1) is 11.3 Å². The van der Waals surface area contributed by atoms with Crippen LogP contribution >= 0.6 is 11.3 Å². The molecule has 116 valence electrons. The van der Waals surface area contributed by atoms with Crippen molar-refractivity contribution in [2.45, 2.75) is 13.5 Å². The molecule has 0 aliphatic carbocycles. The molecule has 0 unspecified atom stereocenters. The summed E-state index contributed by atoms with van der Waals surface area (Å²) in [5.74, 6) is 0. The van der Waals surface area contributed by atoms with Gasteiger partial charge in [0.2, 0.25) is 0 Å². The van der Waals surface area contributed by atoms with Gasteiger partial charge in [0.05, 0.1) is 17.2 Å². The molecule has 0 spiro atoms. The predicted molar refractivity (Wildman–Crippen MR) is 85.4 cm³/mol. The fraction of sp³-hybridized carbons (Fsp3) is 0.231. The number of rotatable bonds is 5. The summed E-state index contributed by atoms with van der Waals surface area (Å²) in [7, 11) is 1.78. The summed E-state index contributed by atoms with van der Waals surface area (Å²) >= 11 is 1.45. The number of carbonyl (C=O) groups excluding carboxylic acids is 1. The Kier molecular flexibility index (Phi) is 4.89. The van der Waals surface area contributed by atoms with Crippen LogP contribution in [0.15, 0.2) is 23.6 Å². The minimum Gasteiger partial charge on any atom is -0.365 e. The fourth-order valence-electron chi connectivity index (χ4n) is 1.79. The maximum absolute atomic E-state index is 11.8. The number of nitrogens with zero attached hydrogens (tertiary/aromatic N) is 2. The van der Waals surface area contributed by atoms with Crippen molar-refractivity contribution >= 4 is 33.9 Å². The lowest BCUT2D eigenvalue weighted by Gasteiger charge is -2.07. The number of aromatic nitrogens is 1. The third kappa shape index (κ3) is 3.92. The SMILES string of the molecule is CNc1nc(CNC(=O)Nc2ccc([N+](=O)[O-])c(C)c2)cs1. The van der Waals surface area contributed by atoms with Crippen molar-refractivity contribution in [3.05, 3.63) is 45.0 Å².